The van der Waals surface area contributed by atoms with Gasteiger partial charge in [0.25, 0.3) is 0 Å². The van der Waals surface area contributed by atoms with Gasteiger partial charge in [-0.1, -0.05) is 0 Å². The van der Waals surface area contributed by atoms with Crippen molar-refractivity contribution in [3.05, 3.63) is 0 Å². The second kappa shape index (κ2) is 12.9. The van der Waals surface area contributed by atoms with Crippen molar-refractivity contribution in [3.63, 3.8) is 0 Å². The number of carbonyl (C=O) groups excluding carboxylic acids is 6. The number of primary amides is 2. The molecule has 1 fully saturated rings. The van der Waals surface area contributed by atoms with Crippen LogP contribution in [0.1, 0.15) is 26.2 Å². The molecular formula is C18H29N7O9S. The molecule has 1 heterocycles. The number of hydrogen-bond donors (Lipinski definition) is 9. The fraction of sp³-hybridized carbons (Fsp3) is 0.611. The van der Waals surface area contributed by atoms with E-state index in [1.165, 1.54) is 6.92 Å². The summed E-state index contributed by atoms with van der Waals surface area (Å²) in [6.07, 6.45) is -1.75. The van der Waals surface area contributed by atoms with Crippen molar-refractivity contribution in [1.29, 1.82) is 0 Å². The number of nitrogens with two attached hydrogens (primary N) is 3. The molecule has 1 saturated heterocycles. The van der Waals surface area contributed by atoms with Gasteiger partial charge < -0.3 is 48.7 Å². The molecule has 16 nitrogen and oxygen atoms in total. The zero-order chi connectivity index (χ0) is 26.9. The van der Waals surface area contributed by atoms with E-state index in [0.29, 0.717) is 11.8 Å². The van der Waals surface area contributed by atoms with Gasteiger partial charge in [0, 0.05) is 12.2 Å². The predicted molar refractivity (Wildman–Crippen MR) is 120 cm³/mol. The number of aliphatic carboxylic acids is 1. The SMILES string of the molecule is C[C@@H]1NC(=O)C(CO)NC(=O)[C@@H](N)CS[C@](CCC(N)=O)(C(=O)O)NC(=O)C(CC(N)=O)NC1=O. The molecule has 0 spiro atoms. The average molecular weight is 520 g/mol. The fourth-order valence-corrected chi connectivity index (χ4v) is 4.00. The van der Waals surface area contributed by atoms with E-state index < -0.39 is 102 Å². The molecule has 6 amide bonds. The molecule has 1 aliphatic heterocycles. The van der Waals surface area contributed by atoms with Crippen molar-refractivity contribution in [2.75, 3.05) is 12.4 Å². The summed E-state index contributed by atoms with van der Waals surface area (Å²) in [7, 11) is 0. The van der Waals surface area contributed by atoms with Gasteiger partial charge in [-0.25, -0.2) is 4.79 Å². The molecule has 35 heavy (non-hydrogen) atoms. The van der Waals surface area contributed by atoms with Crippen LogP contribution in [0, 0.1) is 0 Å². The largest absolute Gasteiger partial charge is 0.479 e. The molecule has 0 bridgehead atoms. The number of thioether (sulfide) groups is 1. The van der Waals surface area contributed by atoms with Gasteiger partial charge in [0.15, 0.2) is 4.87 Å². The molecule has 196 valence electrons. The van der Waals surface area contributed by atoms with Crippen molar-refractivity contribution in [1.82, 2.24) is 21.3 Å². The lowest BCUT2D eigenvalue weighted by atomic mass is 10.1. The third-order valence-electron chi connectivity index (χ3n) is 4.85. The van der Waals surface area contributed by atoms with Crippen molar-refractivity contribution in [2.45, 2.75) is 55.2 Å². The zero-order valence-electron chi connectivity index (χ0n) is 18.7. The molecule has 0 aromatic heterocycles. The average Bonchev–Trinajstić information content (AvgIpc) is 2.76. The first-order valence-corrected chi connectivity index (χ1v) is 11.2. The van der Waals surface area contributed by atoms with E-state index in [2.05, 4.69) is 21.3 Å². The number of carboxylic acid groups (broad SMARTS) is 1. The van der Waals surface area contributed by atoms with Gasteiger partial charge in [0.1, 0.15) is 18.1 Å². The zero-order valence-corrected chi connectivity index (χ0v) is 19.6. The van der Waals surface area contributed by atoms with Gasteiger partial charge in [-0.05, 0) is 13.3 Å². The molecule has 0 radical (unpaired) electrons. The maximum absolute atomic E-state index is 13.0. The smallest absolute Gasteiger partial charge is 0.340 e. The lowest BCUT2D eigenvalue weighted by Gasteiger charge is -2.32. The Labute approximate surface area is 203 Å². The highest BCUT2D eigenvalue weighted by Crippen LogP contribution is 2.29. The maximum atomic E-state index is 13.0. The van der Waals surface area contributed by atoms with Gasteiger partial charge in [-0.3, -0.25) is 28.8 Å². The summed E-state index contributed by atoms with van der Waals surface area (Å²) in [5.74, 6) is -7.94. The van der Waals surface area contributed by atoms with Crippen LogP contribution in [0.2, 0.25) is 0 Å². The van der Waals surface area contributed by atoms with Crippen molar-refractivity contribution in [2.24, 2.45) is 17.2 Å². The Morgan fingerprint density at radius 2 is 1.57 bits per heavy atom. The summed E-state index contributed by atoms with van der Waals surface area (Å²) in [6.45, 7) is 0.366. The van der Waals surface area contributed by atoms with Crippen LogP contribution in [0.5, 0.6) is 0 Å². The van der Waals surface area contributed by atoms with Crippen LogP contribution in [0.25, 0.3) is 0 Å². The number of hydrogen-bond acceptors (Lipinski definition) is 10. The van der Waals surface area contributed by atoms with Crippen molar-refractivity contribution in [3.8, 4) is 0 Å². The second-order valence-corrected chi connectivity index (χ2v) is 9.03. The molecule has 5 atom stereocenters. The molecule has 1 rings (SSSR count). The van der Waals surface area contributed by atoms with Crippen molar-refractivity contribution < 1.29 is 43.8 Å². The monoisotopic (exact) mass is 519 g/mol. The quantitative estimate of drug-likeness (QED) is 0.153. The highest BCUT2D eigenvalue weighted by Gasteiger charge is 2.43. The van der Waals surface area contributed by atoms with Gasteiger partial charge in [-0.2, -0.15) is 0 Å². The standard InChI is InChI=1S/C18H29N7O9S/c1-7-13(29)23-9(4-12(21)28)16(32)25-18(17(33)34,3-2-11(20)27)35-6-8(19)14(30)24-10(5-26)15(31)22-7/h7-10,26H,2-6,19H2,1H3,(H2,20,27)(H2,21,28)(H,22,31)(H,23,29)(H,24,30)(H,25,32)(H,33,34)/t7-,8-,9?,10?,18+/m0/s1. The summed E-state index contributed by atoms with van der Waals surface area (Å²) in [5, 5.41) is 28.2. The van der Waals surface area contributed by atoms with Crippen LogP contribution < -0.4 is 38.5 Å². The van der Waals surface area contributed by atoms with E-state index in [1.54, 1.807) is 0 Å². The Bertz CT molecular complexity index is 886. The normalized spacial score (nSPS) is 28.9. The summed E-state index contributed by atoms with van der Waals surface area (Å²) >= 11 is 0.481. The summed E-state index contributed by atoms with van der Waals surface area (Å²) in [6, 6.07) is -5.89. The van der Waals surface area contributed by atoms with E-state index in [-0.39, 0.29) is 0 Å². The van der Waals surface area contributed by atoms with E-state index >= 15 is 0 Å². The molecule has 0 aromatic carbocycles. The van der Waals surface area contributed by atoms with Crippen LogP contribution >= 0.6 is 11.8 Å². The molecule has 12 N–H and O–H groups in total. The highest BCUT2D eigenvalue weighted by molar-refractivity contribution is 8.01. The van der Waals surface area contributed by atoms with E-state index in [1.807, 2.05) is 0 Å². The van der Waals surface area contributed by atoms with Gasteiger partial charge in [0.2, 0.25) is 35.4 Å². The Hall–Kier alpha value is -3.44. The molecule has 17 heteroatoms. The minimum atomic E-state index is -2.25. The number of amides is 6. The Morgan fingerprint density at radius 3 is 2.09 bits per heavy atom. The summed E-state index contributed by atoms with van der Waals surface area (Å²) < 4.78 is 0. The van der Waals surface area contributed by atoms with Crippen LogP contribution in [0.3, 0.4) is 0 Å². The Morgan fingerprint density at radius 1 is 0.971 bits per heavy atom. The lowest BCUT2D eigenvalue weighted by molar-refractivity contribution is -0.144. The van der Waals surface area contributed by atoms with Crippen molar-refractivity contribution >= 4 is 53.2 Å². The molecule has 1 aliphatic rings. The first-order valence-electron chi connectivity index (χ1n) is 10.3. The second-order valence-electron chi connectivity index (χ2n) is 7.71. The number of aliphatic hydroxyl groups is 1. The fourth-order valence-electron chi connectivity index (χ4n) is 2.85. The Balaban J connectivity index is 3.48. The van der Waals surface area contributed by atoms with Gasteiger partial charge >= 0.3 is 5.97 Å². The highest BCUT2D eigenvalue weighted by atomic mass is 32.2. The third kappa shape index (κ3) is 8.69. The lowest BCUT2D eigenvalue weighted by Crippen LogP contribution is -2.60. The number of nitrogens with one attached hydrogen (secondary N) is 4. The molecule has 0 aliphatic carbocycles. The number of rotatable bonds is 7. The topological polar surface area (TPSA) is 286 Å². The van der Waals surface area contributed by atoms with Gasteiger partial charge in [-0.15, -0.1) is 11.8 Å². The molecule has 0 aromatic rings. The summed E-state index contributed by atoms with van der Waals surface area (Å²) in [5.41, 5.74) is 16.1. The first kappa shape index (κ1) is 29.6. The number of carboxylic acids is 1. The van der Waals surface area contributed by atoms with Crippen LogP contribution in [0.4, 0.5) is 0 Å². The third-order valence-corrected chi connectivity index (χ3v) is 6.35. The first-order chi connectivity index (χ1) is 16.2. The number of carbonyl (C=O) groups is 7. The van der Waals surface area contributed by atoms with Crippen LogP contribution in [-0.4, -0.2) is 93.0 Å². The van der Waals surface area contributed by atoms with E-state index in [0.717, 1.165) is 0 Å². The molecular weight excluding hydrogens is 490 g/mol. The predicted octanol–water partition coefficient (Wildman–Crippen LogP) is -5.43. The Kier molecular flexibility index (Phi) is 10.9. The molecule has 0 saturated carbocycles. The van der Waals surface area contributed by atoms with E-state index in [9.17, 15) is 43.8 Å². The van der Waals surface area contributed by atoms with E-state index in [4.69, 9.17) is 17.2 Å². The van der Waals surface area contributed by atoms with Gasteiger partial charge in [0.05, 0.1) is 19.1 Å². The maximum Gasteiger partial charge on any atom is 0.340 e. The van der Waals surface area contributed by atoms with Crippen LogP contribution in [-0.2, 0) is 33.6 Å². The molecule has 2 unspecified atom stereocenters. The minimum Gasteiger partial charge on any atom is -0.479 e. The van der Waals surface area contributed by atoms with Crippen LogP contribution in [0.15, 0.2) is 0 Å². The summed E-state index contributed by atoms with van der Waals surface area (Å²) in [4.78, 5) is 83.1. The minimum absolute atomic E-state index is 0.430. The number of aliphatic hydroxyl groups excluding tert-OH is 1.